The predicted octanol–water partition coefficient (Wildman–Crippen LogP) is 4.81. The molecule has 7 heteroatoms. The van der Waals surface area contributed by atoms with Crippen LogP contribution in [0.2, 0.25) is 10.0 Å². The third-order valence-electron chi connectivity index (χ3n) is 4.66. The summed E-state index contributed by atoms with van der Waals surface area (Å²) >= 11 is 15.5. The third kappa shape index (κ3) is 4.77. The van der Waals surface area contributed by atoms with Crippen LogP contribution in [0.4, 0.5) is 0 Å². The summed E-state index contributed by atoms with van der Waals surface area (Å²) in [6.45, 7) is 2.86. The van der Waals surface area contributed by atoms with Crippen molar-refractivity contribution >= 4 is 45.1 Å². The van der Waals surface area contributed by atoms with Gasteiger partial charge in [-0.1, -0.05) is 39.1 Å². The quantitative estimate of drug-likeness (QED) is 0.473. The van der Waals surface area contributed by atoms with E-state index in [9.17, 15) is 9.59 Å². The van der Waals surface area contributed by atoms with Gasteiger partial charge < -0.3 is 9.30 Å². The molecule has 0 radical (unpaired) electrons. The Kier molecular flexibility index (Phi) is 7.63. The molecule has 0 bridgehead atoms. The number of carbonyl (C=O) groups is 1. The van der Waals surface area contributed by atoms with E-state index in [2.05, 4.69) is 15.9 Å². The van der Waals surface area contributed by atoms with Crippen molar-refractivity contribution in [2.24, 2.45) is 11.8 Å². The monoisotopic (exact) mass is 437 g/mol. The topological polar surface area (TPSA) is 48.3 Å². The van der Waals surface area contributed by atoms with Gasteiger partial charge in [0.25, 0.3) is 5.56 Å². The van der Waals surface area contributed by atoms with Crippen LogP contribution in [0.5, 0.6) is 0 Å². The minimum absolute atomic E-state index is 0.0302. The minimum Gasteiger partial charge on any atom is -0.466 e. The number of hydrogen-bond donors (Lipinski definition) is 0. The normalized spacial score (nSPS) is 20.8. The molecule has 1 aromatic rings. The summed E-state index contributed by atoms with van der Waals surface area (Å²) in [5.74, 6) is 0.460. The first-order valence-corrected chi connectivity index (χ1v) is 10.2. The lowest BCUT2D eigenvalue weighted by Crippen LogP contribution is -2.27. The zero-order valence-corrected chi connectivity index (χ0v) is 16.8. The molecule has 1 fully saturated rings. The summed E-state index contributed by atoms with van der Waals surface area (Å²) in [4.78, 5) is 24.1. The number of esters is 1. The molecule has 134 valence electrons. The van der Waals surface area contributed by atoms with E-state index in [0.29, 0.717) is 29.4 Å². The molecule has 0 unspecified atom stereocenters. The van der Waals surface area contributed by atoms with Crippen LogP contribution in [-0.2, 0) is 21.4 Å². The van der Waals surface area contributed by atoms with Gasteiger partial charge in [0, 0.05) is 11.9 Å². The molecular formula is C17H22BrCl2NO3. The third-order valence-corrected chi connectivity index (χ3v) is 5.79. The van der Waals surface area contributed by atoms with E-state index in [-0.39, 0.29) is 22.5 Å². The highest BCUT2D eigenvalue weighted by Crippen LogP contribution is 2.32. The van der Waals surface area contributed by atoms with Crippen molar-refractivity contribution in [2.45, 2.75) is 50.9 Å². The van der Waals surface area contributed by atoms with Gasteiger partial charge >= 0.3 is 5.97 Å². The van der Waals surface area contributed by atoms with Gasteiger partial charge in [0.2, 0.25) is 0 Å². The number of hydrogen-bond acceptors (Lipinski definition) is 3. The maximum atomic E-state index is 12.3. The average Bonchev–Trinajstić information content (AvgIpc) is 2.57. The van der Waals surface area contributed by atoms with E-state index in [1.54, 1.807) is 4.57 Å². The van der Waals surface area contributed by atoms with Crippen molar-refractivity contribution in [3.8, 4) is 0 Å². The predicted molar refractivity (Wildman–Crippen MR) is 100 cm³/mol. The Morgan fingerprint density at radius 3 is 2.54 bits per heavy atom. The minimum atomic E-state index is -0.198. The number of aromatic nitrogens is 1. The van der Waals surface area contributed by atoms with Crippen LogP contribution in [0, 0.1) is 11.8 Å². The molecule has 1 aliphatic carbocycles. The highest BCUT2D eigenvalue weighted by molar-refractivity contribution is 9.08. The Morgan fingerprint density at radius 2 is 1.96 bits per heavy atom. The largest absolute Gasteiger partial charge is 0.466 e. The molecule has 1 heterocycles. The fourth-order valence-electron chi connectivity index (χ4n) is 3.27. The number of ether oxygens (including phenoxy) is 1. The second kappa shape index (κ2) is 9.25. The molecule has 0 saturated heterocycles. The van der Waals surface area contributed by atoms with E-state index in [4.69, 9.17) is 27.9 Å². The molecule has 2 rings (SSSR count). The summed E-state index contributed by atoms with van der Waals surface area (Å²) in [6.07, 6.45) is 4.57. The van der Waals surface area contributed by atoms with Gasteiger partial charge in [-0.15, -0.1) is 0 Å². The second-order valence-corrected chi connectivity index (χ2v) is 7.51. The number of alkyl halides is 1. The van der Waals surface area contributed by atoms with Crippen molar-refractivity contribution in [2.75, 3.05) is 6.61 Å². The van der Waals surface area contributed by atoms with E-state index < -0.39 is 0 Å². The summed E-state index contributed by atoms with van der Waals surface area (Å²) in [5, 5.41) is 1.16. The maximum Gasteiger partial charge on any atom is 0.308 e. The Hall–Kier alpha value is -0.520. The maximum absolute atomic E-state index is 12.3. The van der Waals surface area contributed by atoms with Gasteiger partial charge in [-0.2, -0.15) is 0 Å². The lowest BCUT2D eigenvalue weighted by molar-refractivity contribution is -0.149. The first kappa shape index (κ1) is 19.8. The Labute approximate surface area is 160 Å². The van der Waals surface area contributed by atoms with E-state index in [0.717, 1.165) is 37.8 Å². The van der Waals surface area contributed by atoms with Crippen LogP contribution in [-0.4, -0.2) is 17.1 Å². The molecule has 4 nitrogen and oxygen atoms in total. The lowest BCUT2D eigenvalue weighted by Gasteiger charge is -2.27. The Balaban J connectivity index is 1.96. The van der Waals surface area contributed by atoms with Crippen molar-refractivity contribution in [3.63, 3.8) is 0 Å². The number of rotatable bonds is 6. The molecule has 0 atom stereocenters. The van der Waals surface area contributed by atoms with Crippen molar-refractivity contribution in [1.29, 1.82) is 0 Å². The fourth-order valence-corrected chi connectivity index (χ4v) is 4.58. The summed E-state index contributed by atoms with van der Waals surface area (Å²) in [5.41, 5.74) is 0.557. The average molecular weight is 439 g/mol. The Bertz CT molecular complexity index is 639. The van der Waals surface area contributed by atoms with Crippen LogP contribution in [0.15, 0.2) is 10.9 Å². The summed E-state index contributed by atoms with van der Waals surface area (Å²) in [7, 11) is 0. The highest BCUT2D eigenvalue weighted by atomic mass is 79.9. The molecule has 0 aromatic carbocycles. The number of carbonyl (C=O) groups excluding carboxylic acids is 1. The van der Waals surface area contributed by atoms with Crippen LogP contribution in [0.1, 0.15) is 44.7 Å². The Morgan fingerprint density at radius 1 is 1.29 bits per heavy atom. The summed E-state index contributed by atoms with van der Waals surface area (Å²) < 4.78 is 6.76. The zero-order chi connectivity index (χ0) is 17.7. The highest BCUT2D eigenvalue weighted by Gasteiger charge is 2.27. The number of nitrogens with zero attached hydrogens (tertiary/aromatic N) is 1. The number of halogens is 3. The van der Waals surface area contributed by atoms with Crippen LogP contribution in [0.25, 0.3) is 0 Å². The lowest BCUT2D eigenvalue weighted by atomic mass is 9.80. The van der Waals surface area contributed by atoms with Crippen molar-refractivity contribution in [3.05, 3.63) is 32.2 Å². The molecule has 1 aliphatic rings. The van der Waals surface area contributed by atoms with E-state index >= 15 is 0 Å². The molecule has 1 aromatic heterocycles. The molecule has 0 amide bonds. The summed E-state index contributed by atoms with van der Waals surface area (Å²) in [6, 6.07) is 1.50. The molecular weight excluding hydrogens is 417 g/mol. The van der Waals surface area contributed by atoms with Gasteiger partial charge in [0.1, 0.15) is 5.02 Å². The fraction of sp³-hybridized carbons (Fsp3) is 0.647. The molecule has 0 spiro atoms. The van der Waals surface area contributed by atoms with Gasteiger partial charge in [-0.3, -0.25) is 9.59 Å². The van der Waals surface area contributed by atoms with Gasteiger partial charge in [-0.25, -0.2) is 0 Å². The van der Waals surface area contributed by atoms with Crippen molar-refractivity contribution in [1.82, 2.24) is 4.57 Å². The SMILES string of the molecule is CCOC(=O)C1CCC(CCn2c(CBr)c(Cl)cc(Cl)c2=O)CC1. The van der Waals surface area contributed by atoms with E-state index in [1.165, 1.54) is 6.07 Å². The van der Waals surface area contributed by atoms with Crippen molar-refractivity contribution < 1.29 is 9.53 Å². The van der Waals surface area contributed by atoms with Gasteiger partial charge in [-0.05, 0) is 51.0 Å². The molecule has 1 saturated carbocycles. The molecule has 0 N–H and O–H groups in total. The van der Waals surface area contributed by atoms with E-state index in [1.807, 2.05) is 6.92 Å². The van der Waals surface area contributed by atoms with Crippen LogP contribution >= 0.6 is 39.1 Å². The molecule has 24 heavy (non-hydrogen) atoms. The zero-order valence-electron chi connectivity index (χ0n) is 13.7. The first-order chi connectivity index (χ1) is 11.5. The molecule has 0 aliphatic heterocycles. The standard InChI is InChI=1S/C17H22BrCl2NO3/c1-2-24-17(23)12-5-3-11(4-6-12)7-8-21-15(10-18)13(19)9-14(20)16(21)22/h9,11-12H,2-8,10H2,1H3. The second-order valence-electron chi connectivity index (χ2n) is 6.14. The van der Waals surface area contributed by atoms with Gasteiger partial charge in [0.05, 0.1) is 23.2 Å². The smallest absolute Gasteiger partial charge is 0.308 e. The van der Waals surface area contributed by atoms with Crippen LogP contribution in [0.3, 0.4) is 0 Å². The van der Waals surface area contributed by atoms with Gasteiger partial charge in [0.15, 0.2) is 0 Å². The number of pyridine rings is 1. The van der Waals surface area contributed by atoms with Crippen LogP contribution < -0.4 is 5.56 Å². The first-order valence-electron chi connectivity index (χ1n) is 8.28.